The highest BCUT2D eigenvalue weighted by Gasteiger charge is 2.37. The van der Waals surface area contributed by atoms with E-state index in [1.165, 1.54) is 0 Å². The summed E-state index contributed by atoms with van der Waals surface area (Å²) in [6.07, 6.45) is -0.582. The maximum absolute atomic E-state index is 13.6. The van der Waals surface area contributed by atoms with Crippen molar-refractivity contribution in [3.63, 3.8) is 0 Å². The van der Waals surface area contributed by atoms with Crippen molar-refractivity contribution in [3.05, 3.63) is 71.6 Å². The fourth-order valence-electron chi connectivity index (χ4n) is 3.84. The van der Waals surface area contributed by atoms with Crippen LogP contribution in [0.15, 0.2) is 67.0 Å². The largest absolute Gasteiger partial charge is 0.456 e. The summed E-state index contributed by atoms with van der Waals surface area (Å²) in [7, 11) is -3.76. The third-order valence-corrected chi connectivity index (χ3v) is 7.25. The topological polar surface area (TPSA) is 147 Å². The van der Waals surface area contributed by atoms with Gasteiger partial charge in [0.1, 0.15) is 35.0 Å². The third kappa shape index (κ3) is 5.43. The van der Waals surface area contributed by atoms with Crippen LogP contribution < -0.4 is 14.8 Å². The number of rotatable bonds is 9. The first kappa shape index (κ1) is 24.4. The lowest BCUT2D eigenvalue weighted by molar-refractivity contribution is -0.0562. The standard InChI is InChI=1S/C23H24N5O6PS/c24-23-26-21-20(22(36)27-23)25-13-28(21)19-11-17(29)18(32-19)12-31-14-35(30,33-15-7-3-1-4-8-15)34-16-9-5-2-6-10-16/h1-10,13,17-19,29H,11-12,14H2,(H3,24,26,27,36)/t17-,18+,19+/m0/s1. The van der Waals surface area contributed by atoms with Crippen molar-refractivity contribution < 1.29 is 28.2 Å². The minimum atomic E-state index is -3.76. The van der Waals surface area contributed by atoms with Gasteiger partial charge in [0.25, 0.3) is 0 Å². The number of imidazole rings is 1. The number of nitrogens with zero attached hydrogens (tertiary/aromatic N) is 3. The van der Waals surface area contributed by atoms with E-state index < -0.39 is 26.0 Å². The summed E-state index contributed by atoms with van der Waals surface area (Å²) in [6.45, 7) is -0.0374. The molecule has 11 nitrogen and oxygen atoms in total. The molecular formula is C23H24N5O6PS. The molecule has 4 aromatic rings. The van der Waals surface area contributed by atoms with E-state index in [2.05, 4.69) is 15.0 Å². The molecule has 1 saturated heterocycles. The van der Waals surface area contributed by atoms with E-state index in [9.17, 15) is 9.67 Å². The Morgan fingerprint density at radius 2 is 1.78 bits per heavy atom. The average molecular weight is 530 g/mol. The van der Waals surface area contributed by atoms with E-state index in [0.717, 1.165) is 0 Å². The van der Waals surface area contributed by atoms with E-state index in [-0.39, 0.29) is 30.0 Å². The van der Waals surface area contributed by atoms with E-state index >= 15 is 0 Å². The summed E-state index contributed by atoms with van der Waals surface area (Å²) in [5, 5.41) is 10.6. The number of benzene rings is 2. The summed E-state index contributed by atoms with van der Waals surface area (Å²) < 4.78 is 38.7. The monoisotopic (exact) mass is 529 g/mol. The van der Waals surface area contributed by atoms with Crippen molar-refractivity contribution in [1.29, 1.82) is 0 Å². The number of para-hydroxylation sites is 2. The molecule has 3 heterocycles. The number of aliphatic hydroxyl groups is 1. The number of hydrogen-bond donors (Lipinski definition) is 3. The highest BCUT2D eigenvalue weighted by molar-refractivity contribution is 7.71. The molecule has 1 fully saturated rings. The van der Waals surface area contributed by atoms with Gasteiger partial charge in [-0.1, -0.05) is 48.6 Å². The molecule has 1 aliphatic heterocycles. The van der Waals surface area contributed by atoms with E-state index in [1.54, 1.807) is 59.4 Å². The molecule has 0 spiro atoms. The lowest BCUT2D eigenvalue weighted by Crippen LogP contribution is -2.27. The number of nitrogens with one attached hydrogen (secondary N) is 1. The molecule has 0 unspecified atom stereocenters. The Labute approximate surface area is 211 Å². The number of nitrogens with two attached hydrogens (primary N) is 1. The molecule has 2 aromatic carbocycles. The quantitative estimate of drug-likeness (QED) is 0.214. The first-order valence-electron chi connectivity index (χ1n) is 11.1. The summed E-state index contributed by atoms with van der Waals surface area (Å²) in [6, 6.07) is 17.4. The Kier molecular flexibility index (Phi) is 7.04. The molecule has 3 atom stereocenters. The Bertz CT molecular complexity index is 1390. The zero-order valence-corrected chi connectivity index (χ0v) is 20.7. The Hall–Kier alpha value is -3.28. The van der Waals surface area contributed by atoms with Crippen LogP contribution in [0.4, 0.5) is 5.95 Å². The molecule has 2 aromatic heterocycles. The number of aromatic amines is 1. The molecule has 1 aliphatic rings. The van der Waals surface area contributed by atoms with Crippen molar-refractivity contribution in [2.24, 2.45) is 0 Å². The molecular weight excluding hydrogens is 505 g/mol. The first-order valence-corrected chi connectivity index (χ1v) is 13.3. The van der Waals surface area contributed by atoms with Crippen LogP contribution in [0.2, 0.25) is 0 Å². The second kappa shape index (κ2) is 10.4. The summed E-state index contributed by atoms with van der Waals surface area (Å²) in [5.41, 5.74) is 6.81. The smallest absolute Gasteiger partial charge is 0.415 e. The van der Waals surface area contributed by atoms with Gasteiger partial charge in [-0.2, -0.15) is 0 Å². The lowest BCUT2D eigenvalue weighted by Gasteiger charge is -2.21. The Morgan fingerprint density at radius 1 is 1.14 bits per heavy atom. The van der Waals surface area contributed by atoms with Crippen LogP contribution in [0.3, 0.4) is 0 Å². The van der Waals surface area contributed by atoms with Gasteiger partial charge in [0.05, 0.1) is 19.0 Å². The van der Waals surface area contributed by atoms with Gasteiger partial charge in [-0.05, 0) is 24.3 Å². The number of ether oxygens (including phenoxy) is 2. The zero-order valence-electron chi connectivity index (χ0n) is 19.0. The van der Waals surface area contributed by atoms with Crippen molar-refractivity contribution in [2.45, 2.75) is 24.9 Å². The third-order valence-electron chi connectivity index (χ3n) is 5.49. The second-order valence-electron chi connectivity index (χ2n) is 8.13. The van der Waals surface area contributed by atoms with Crippen LogP contribution >= 0.6 is 19.8 Å². The molecule has 0 saturated carbocycles. The molecule has 188 valence electrons. The van der Waals surface area contributed by atoms with Crippen LogP contribution in [0.1, 0.15) is 12.6 Å². The fraction of sp³-hybridized carbons (Fsp3) is 0.261. The molecule has 0 bridgehead atoms. The van der Waals surface area contributed by atoms with Crippen LogP contribution in [0, 0.1) is 4.64 Å². The molecule has 5 rings (SSSR count). The van der Waals surface area contributed by atoms with Crippen LogP contribution in [0.5, 0.6) is 11.5 Å². The van der Waals surface area contributed by atoms with Crippen LogP contribution in [-0.2, 0) is 14.0 Å². The number of hydrogen-bond acceptors (Lipinski definition) is 10. The fourth-order valence-corrected chi connectivity index (χ4v) is 5.45. The predicted octanol–water partition coefficient (Wildman–Crippen LogP) is 4.04. The number of aromatic nitrogens is 4. The Balaban J connectivity index is 1.26. The zero-order chi connectivity index (χ0) is 25.1. The number of anilines is 1. The number of nitrogen functional groups attached to an aromatic ring is 1. The summed E-state index contributed by atoms with van der Waals surface area (Å²) in [5.74, 6) is 0.923. The van der Waals surface area contributed by atoms with Gasteiger partial charge < -0.3 is 34.3 Å². The molecule has 0 aliphatic carbocycles. The highest BCUT2D eigenvalue weighted by Crippen LogP contribution is 2.48. The van der Waals surface area contributed by atoms with Gasteiger partial charge in [-0.25, -0.2) is 14.5 Å². The molecule has 0 amide bonds. The van der Waals surface area contributed by atoms with E-state index in [0.29, 0.717) is 22.7 Å². The first-order chi connectivity index (χ1) is 17.4. The number of fused-ring (bicyclic) bond motifs is 1. The SMILES string of the molecule is Nc1nc(=S)c2ncn([C@H]3C[C@H](O)[C@@H](COCP(=O)(Oc4ccccc4)Oc4ccccc4)O3)c2[nH]1. The van der Waals surface area contributed by atoms with Gasteiger partial charge in [0, 0.05) is 6.42 Å². The molecule has 4 N–H and O–H groups in total. The van der Waals surface area contributed by atoms with Crippen LogP contribution in [-0.4, -0.2) is 49.8 Å². The number of aliphatic hydroxyl groups excluding tert-OH is 1. The van der Waals surface area contributed by atoms with Crippen LogP contribution in [0.25, 0.3) is 11.2 Å². The predicted molar refractivity (Wildman–Crippen MR) is 134 cm³/mol. The van der Waals surface area contributed by atoms with Crippen molar-refractivity contribution in [3.8, 4) is 11.5 Å². The van der Waals surface area contributed by atoms with Gasteiger partial charge in [-0.3, -0.25) is 4.57 Å². The van der Waals surface area contributed by atoms with Crippen molar-refractivity contribution >= 4 is 36.9 Å². The minimum absolute atomic E-state index is 0.0374. The lowest BCUT2D eigenvalue weighted by atomic mass is 10.2. The molecule has 36 heavy (non-hydrogen) atoms. The highest BCUT2D eigenvalue weighted by atomic mass is 32.1. The maximum Gasteiger partial charge on any atom is 0.456 e. The average Bonchev–Trinajstić information content (AvgIpc) is 3.43. The van der Waals surface area contributed by atoms with Gasteiger partial charge >= 0.3 is 7.60 Å². The van der Waals surface area contributed by atoms with E-state index in [4.69, 9.17) is 36.5 Å². The van der Waals surface area contributed by atoms with Gasteiger partial charge in [0.2, 0.25) is 0 Å². The van der Waals surface area contributed by atoms with Crippen molar-refractivity contribution in [2.75, 3.05) is 18.7 Å². The summed E-state index contributed by atoms with van der Waals surface area (Å²) >= 11 is 5.21. The maximum atomic E-state index is 13.6. The normalized spacial score (nSPS) is 20.0. The Morgan fingerprint density at radius 3 is 2.42 bits per heavy atom. The molecule has 13 heteroatoms. The van der Waals surface area contributed by atoms with Gasteiger partial charge in [0.15, 0.2) is 16.9 Å². The number of H-pyrrole nitrogens is 1. The van der Waals surface area contributed by atoms with Gasteiger partial charge in [-0.15, -0.1) is 0 Å². The van der Waals surface area contributed by atoms with Crippen molar-refractivity contribution in [1.82, 2.24) is 19.5 Å². The molecule has 0 radical (unpaired) electrons. The summed E-state index contributed by atoms with van der Waals surface area (Å²) in [4.78, 5) is 11.2. The minimum Gasteiger partial charge on any atom is -0.415 e. The second-order valence-corrected chi connectivity index (χ2v) is 10.4. The van der Waals surface area contributed by atoms with E-state index in [1.807, 2.05) is 12.1 Å².